The quantitative estimate of drug-likeness (QED) is 0.758. The minimum atomic E-state index is -1.09. The van der Waals surface area contributed by atoms with E-state index in [1.807, 2.05) is 6.92 Å². The summed E-state index contributed by atoms with van der Waals surface area (Å²) < 4.78 is 5.25. The maximum absolute atomic E-state index is 10.5. The van der Waals surface area contributed by atoms with E-state index >= 15 is 0 Å². The number of nitrogens with one attached hydrogen (secondary N) is 1. The molecule has 0 aromatic heterocycles. The number of aliphatic carboxylic acids is 1. The van der Waals surface area contributed by atoms with Gasteiger partial charge in [-0.25, -0.2) is 0 Å². The van der Waals surface area contributed by atoms with Gasteiger partial charge in [-0.15, -0.1) is 0 Å². The number of hydrogen-bond donors (Lipinski definition) is 1. The summed E-state index contributed by atoms with van der Waals surface area (Å²) >= 11 is 0. The van der Waals surface area contributed by atoms with Gasteiger partial charge in [0.05, 0.1) is 6.61 Å². The monoisotopic (exact) mass is 341 g/mol. The Morgan fingerprint density at radius 3 is 2.44 bits per heavy atom. The summed E-state index contributed by atoms with van der Waals surface area (Å²) in [5.41, 5.74) is 8.10. The van der Waals surface area contributed by atoms with E-state index in [1.54, 1.807) is 24.3 Å². The summed E-state index contributed by atoms with van der Waals surface area (Å²) in [5, 5.41) is 8.57. The van der Waals surface area contributed by atoms with Gasteiger partial charge in [-0.3, -0.25) is 4.79 Å². The Labute approximate surface area is 154 Å². The maximum atomic E-state index is 10.5. The maximum Gasteiger partial charge on any atom is 1.00 e. The van der Waals surface area contributed by atoms with Gasteiger partial charge in [0, 0.05) is 0 Å². The predicted molar refractivity (Wildman–Crippen MR) is 57.1 cm³/mol. The van der Waals surface area contributed by atoms with E-state index in [0.29, 0.717) is 6.61 Å². The first kappa shape index (κ1) is 16.5. The number of ether oxygens (including phenoxy) is 1. The van der Waals surface area contributed by atoms with Gasteiger partial charge in [-0.05, 0) is 37.1 Å². The average Bonchev–Trinajstić information content (AvgIpc) is 2.21. The molecule has 1 aromatic carbocycles. The fourth-order valence-corrected chi connectivity index (χ4v) is 1.21. The Morgan fingerprint density at radius 2 is 2.00 bits per heavy atom. The number of carbonyl (C=O) groups is 1. The summed E-state index contributed by atoms with van der Waals surface area (Å²) in [5.74, 6) is -0.331. The fourth-order valence-electron chi connectivity index (χ4n) is 1.21. The minimum Gasteiger partial charge on any atom is -0.665 e. The molecule has 0 spiro atoms. The van der Waals surface area contributed by atoms with Crippen LogP contribution < -0.4 is 73.6 Å². The largest absolute Gasteiger partial charge is 1.00 e. The van der Waals surface area contributed by atoms with Gasteiger partial charge in [0.15, 0.2) is 0 Å². The van der Waals surface area contributed by atoms with E-state index < -0.39 is 12.0 Å². The first-order valence-electron chi connectivity index (χ1n) is 4.79. The van der Waals surface area contributed by atoms with Crippen molar-refractivity contribution < 1.29 is 83.5 Å². The van der Waals surface area contributed by atoms with E-state index in [0.717, 1.165) is 11.3 Å². The summed E-state index contributed by atoms with van der Waals surface area (Å²) in [6, 6.07) is 6.05. The molecule has 16 heavy (non-hydrogen) atoms. The average molecular weight is 341 g/mol. The Balaban J connectivity index is 0.00000225. The SMILES string of the molecule is CCOc1ccc(C[C@H]([NH-])C(=O)O)cc1.[Cs+]. The van der Waals surface area contributed by atoms with Crippen LogP contribution in [-0.2, 0) is 11.2 Å². The van der Waals surface area contributed by atoms with Gasteiger partial charge < -0.3 is 15.6 Å². The van der Waals surface area contributed by atoms with Gasteiger partial charge in [-0.2, -0.15) is 0 Å². The number of benzene rings is 1. The van der Waals surface area contributed by atoms with Crippen molar-refractivity contribution in [1.29, 1.82) is 0 Å². The summed E-state index contributed by atoms with van der Waals surface area (Å²) in [6.07, 6.45) is 0.224. The van der Waals surface area contributed by atoms with Crippen LogP contribution in [0.5, 0.6) is 5.75 Å². The van der Waals surface area contributed by atoms with Crippen molar-refractivity contribution in [3.05, 3.63) is 35.6 Å². The van der Waals surface area contributed by atoms with Crippen LogP contribution in [0.4, 0.5) is 0 Å². The third-order valence-electron chi connectivity index (χ3n) is 1.97. The molecule has 4 nitrogen and oxygen atoms in total. The van der Waals surface area contributed by atoms with E-state index in [-0.39, 0.29) is 75.3 Å². The second kappa shape index (κ2) is 8.57. The summed E-state index contributed by atoms with van der Waals surface area (Å²) in [6.45, 7) is 2.51. The van der Waals surface area contributed by atoms with Crippen LogP contribution in [0, 0.1) is 0 Å². The molecule has 5 heteroatoms. The molecule has 82 valence electrons. The van der Waals surface area contributed by atoms with Gasteiger partial charge in [0.1, 0.15) is 5.75 Å². The van der Waals surface area contributed by atoms with Crippen LogP contribution in [0.1, 0.15) is 12.5 Å². The van der Waals surface area contributed by atoms with Crippen LogP contribution in [0.2, 0.25) is 0 Å². The first-order chi connectivity index (χ1) is 7.13. The van der Waals surface area contributed by atoms with E-state index in [9.17, 15) is 4.79 Å². The Bertz CT molecular complexity index is 327. The molecule has 0 heterocycles. The number of carboxylic acid groups (broad SMARTS) is 1. The molecule has 2 N–H and O–H groups in total. The molecule has 0 saturated heterocycles. The van der Waals surface area contributed by atoms with E-state index in [4.69, 9.17) is 15.6 Å². The third-order valence-corrected chi connectivity index (χ3v) is 1.97. The second-order valence-corrected chi connectivity index (χ2v) is 3.17. The normalized spacial score (nSPS) is 11.4. The molecule has 0 fully saturated rings. The Morgan fingerprint density at radius 1 is 1.44 bits per heavy atom. The molecule has 0 aliphatic heterocycles. The van der Waals surface area contributed by atoms with Crippen LogP contribution in [0.25, 0.3) is 5.73 Å². The van der Waals surface area contributed by atoms with Crippen molar-refractivity contribution >= 4 is 5.97 Å². The predicted octanol–water partition coefficient (Wildman–Crippen LogP) is -0.863. The minimum absolute atomic E-state index is 0. The molecule has 0 bridgehead atoms. The van der Waals surface area contributed by atoms with E-state index in [2.05, 4.69) is 0 Å². The van der Waals surface area contributed by atoms with Crippen molar-refractivity contribution in [3.63, 3.8) is 0 Å². The molecule has 1 atom stereocenters. The van der Waals surface area contributed by atoms with Crippen LogP contribution in [-0.4, -0.2) is 23.7 Å². The van der Waals surface area contributed by atoms with Crippen LogP contribution >= 0.6 is 0 Å². The van der Waals surface area contributed by atoms with Crippen molar-refractivity contribution in [1.82, 2.24) is 0 Å². The van der Waals surface area contributed by atoms with Crippen molar-refractivity contribution in [2.45, 2.75) is 19.4 Å². The van der Waals surface area contributed by atoms with E-state index in [1.165, 1.54) is 0 Å². The van der Waals surface area contributed by atoms with Gasteiger partial charge >= 0.3 is 68.9 Å². The zero-order valence-corrected chi connectivity index (χ0v) is 15.8. The molecule has 0 aliphatic rings. The topological polar surface area (TPSA) is 70.3 Å². The molecule has 0 amide bonds. The Kier molecular flexibility index (Phi) is 8.84. The van der Waals surface area contributed by atoms with Crippen molar-refractivity contribution in [2.24, 2.45) is 0 Å². The van der Waals surface area contributed by atoms with Crippen molar-refractivity contribution in [3.8, 4) is 5.75 Å². The fraction of sp³-hybridized carbons (Fsp3) is 0.364. The second-order valence-electron chi connectivity index (χ2n) is 3.17. The summed E-state index contributed by atoms with van der Waals surface area (Å²) in [7, 11) is 0. The Hall–Kier alpha value is 0.502. The standard InChI is InChI=1S/C11H14NO3.Cs/c1-2-15-9-5-3-8(4-6-9)7-10(12)11(13)14;/h3-6,10,12H,2,7H2,1H3,(H,13,14);/q-1;+1/t10-;/m0./s1. The molecule has 0 unspecified atom stereocenters. The number of rotatable bonds is 5. The van der Waals surface area contributed by atoms with Crippen LogP contribution in [0.15, 0.2) is 24.3 Å². The number of carboxylic acids is 1. The van der Waals surface area contributed by atoms with Crippen molar-refractivity contribution in [2.75, 3.05) is 6.61 Å². The molecule has 0 radical (unpaired) electrons. The smallest absolute Gasteiger partial charge is 0.665 e. The van der Waals surface area contributed by atoms with Gasteiger partial charge in [0.2, 0.25) is 0 Å². The van der Waals surface area contributed by atoms with Gasteiger partial charge in [-0.1, -0.05) is 12.1 Å². The molecular weight excluding hydrogens is 327 g/mol. The number of hydrogen-bond acceptors (Lipinski definition) is 2. The molecule has 0 aliphatic carbocycles. The zero-order valence-electron chi connectivity index (χ0n) is 9.56. The molecule has 1 aromatic rings. The molecular formula is C11H14CsNO3. The summed E-state index contributed by atoms with van der Waals surface area (Å²) in [4.78, 5) is 10.5. The molecule has 0 saturated carbocycles. The van der Waals surface area contributed by atoms with Gasteiger partial charge in [0.25, 0.3) is 5.97 Å². The first-order valence-corrected chi connectivity index (χ1v) is 4.79. The van der Waals surface area contributed by atoms with Crippen LogP contribution in [0.3, 0.4) is 0 Å². The third kappa shape index (κ3) is 5.72. The molecule has 1 rings (SSSR count). The zero-order chi connectivity index (χ0) is 11.3.